The third-order valence-electron chi connectivity index (χ3n) is 0.393. The third-order valence-corrected chi connectivity index (χ3v) is 0.659. The highest BCUT2D eigenvalue weighted by Gasteiger charge is 2.19. The molecule has 1 rings (SSSR count). The predicted molar refractivity (Wildman–Crippen MR) is 42.9 cm³/mol. The molecule has 4 heteroatoms. The molecule has 0 aliphatic carbocycles. The molecule has 1 heterocycles. The third kappa shape index (κ3) is 8.50. The fourth-order valence-corrected chi connectivity index (χ4v) is 0.205. The second kappa shape index (κ2) is 7.61. The highest BCUT2D eigenvalue weighted by molar-refractivity contribution is 6.18. The van der Waals surface area contributed by atoms with E-state index >= 15 is 0 Å². The summed E-state index contributed by atoms with van der Waals surface area (Å²) in [5.74, 6) is -5.41. The molecule has 1 saturated heterocycles. The number of aliphatic hydroxyl groups is 1. The van der Waals surface area contributed by atoms with E-state index in [1.54, 1.807) is 0 Å². The van der Waals surface area contributed by atoms with E-state index in [0.29, 0.717) is 0 Å². The maximum atomic E-state index is 8.51. The molecule has 0 amide bonds. The van der Waals surface area contributed by atoms with Gasteiger partial charge in [0.2, 0.25) is 0 Å². The number of hydrogen-bond donors (Lipinski definition) is 1. The van der Waals surface area contributed by atoms with Crippen LogP contribution in [0.15, 0.2) is 0 Å². The van der Waals surface area contributed by atoms with Crippen molar-refractivity contribution >= 4 is 23.2 Å². The van der Waals surface area contributed by atoms with E-state index in [1.807, 2.05) is 0 Å². The maximum absolute atomic E-state index is 8.51. The molecule has 1 atom stereocenters. The molecule has 10 heavy (non-hydrogen) atoms. The zero-order chi connectivity index (χ0) is 17.7. The molecule has 0 spiro atoms. The molecule has 62 valence electrons. The lowest BCUT2D eigenvalue weighted by Gasteiger charge is -1.77. The largest absolute Gasteiger partial charge is 0.396 e. The molecule has 2 nitrogen and oxygen atoms in total. The minimum Gasteiger partial charge on any atom is -0.396 e. The van der Waals surface area contributed by atoms with Crippen molar-refractivity contribution in [2.24, 2.45) is 0 Å². The van der Waals surface area contributed by atoms with E-state index in [-0.39, 0.29) is 0 Å². The summed E-state index contributed by atoms with van der Waals surface area (Å²) in [4.78, 5) is 0. The van der Waals surface area contributed by atoms with Gasteiger partial charge in [0.1, 0.15) is 0 Å². The zero-order valence-corrected chi connectivity index (χ0v) is 6.12. The summed E-state index contributed by atoms with van der Waals surface area (Å²) < 4.78 is 78.1. The molecule has 0 bridgehead atoms. The van der Waals surface area contributed by atoms with Gasteiger partial charge in [-0.1, -0.05) is 0 Å². The summed E-state index contributed by atoms with van der Waals surface area (Å²) in [5, 5.41) is 8.51. The van der Waals surface area contributed by atoms with Gasteiger partial charge in [0.15, 0.2) is 0 Å². The summed E-state index contributed by atoms with van der Waals surface area (Å²) in [6, 6.07) is 0. The summed E-state index contributed by atoms with van der Waals surface area (Å²) in [6.07, 6.45) is -5.37. The highest BCUT2D eigenvalue weighted by Crippen LogP contribution is 2.08. The van der Waals surface area contributed by atoms with Crippen molar-refractivity contribution < 1.29 is 24.9 Å². The summed E-state index contributed by atoms with van der Waals surface area (Å²) in [7, 11) is 0. The van der Waals surface area contributed by atoms with Crippen molar-refractivity contribution in [3.8, 4) is 0 Å². The quantitative estimate of drug-likeness (QED) is 0.546. The second-order valence-corrected chi connectivity index (χ2v) is 1.34. The van der Waals surface area contributed by atoms with Crippen LogP contribution >= 0.6 is 23.2 Å². The van der Waals surface area contributed by atoms with Crippen molar-refractivity contribution in [3.05, 3.63) is 0 Å². The Morgan fingerprint density at radius 3 is 2.50 bits per heavy atom. The lowest BCUT2D eigenvalue weighted by Crippen LogP contribution is -1.80. The van der Waals surface area contributed by atoms with Gasteiger partial charge in [-0.15, -0.1) is 23.2 Å². The Labute approximate surface area is 86.5 Å². The highest BCUT2D eigenvalue weighted by atomic mass is 35.5. The van der Waals surface area contributed by atoms with Crippen LogP contribution in [0, 0.1) is 0 Å². The minimum atomic E-state index is -3.29. The van der Waals surface area contributed by atoms with E-state index in [9.17, 15) is 0 Å². The Morgan fingerprint density at radius 1 is 1.90 bits per heavy atom. The van der Waals surface area contributed by atoms with Crippen LogP contribution in [0.5, 0.6) is 0 Å². The van der Waals surface area contributed by atoms with Gasteiger partial charge in [0.25, 0.3) is 0 Å². The normalized spacial score (nSPS) is 55.7. The molecule has 1 aliphatic rings. The molecule has 1 fully saturated rings. The average Bonchev–Trinajstić information content (AvgIpc) is 2.63. The SMILES string of the molecule is [2H]C([2H])(Cl)C1([2H])OC1([2H])[2H].[2H]C([2H])(O)C([2H])([2H])C([2H])([2H])Cl. The first kappa shape index (κ1) is 2.25. The van der Waals surface area contributed by atoms with Crippen molar-refractivity contribution in [1.82, 2.24) is 0 Å². The van der Waals surface area contributed by atoms with E-state index in [0.717, 1.165) is 0 Å². The zero-order valence-electron chi connectivity index (χ0n) is 15.6. The van der Waals surface area contributed by atoms with E-state index in [2.05, 4.69) is 4.74 Å². The summed E-state index contributed by atoms with van der Waals surface area (Å²) >= 11 is 9.90. The number of hydrogen-bond acceptors (Lipinski definition) is 2. The van der Waals surface area contributed by atoms with Gasteiger partial charge in [0, 0.05) is 20.6 Å². The molecule has 1 unspecified atom stereocenters. The molecule has 0 aromatic heterocycles. The van der Waals surface area contributed by atoms with Gasteiger partial charge in [-0.2, -0.15) is 0 Å². The van der Waals surface area contributed by atoms with E-state index < -0.39 is 37.2 Å². The van der Waals surface area contributed by atoms with Crippen molar-refractivity contribution in [3.63, 3.8) is 0 Å². The number of ether oxygens (including phenoxy) is 1. The van der Waals surface area contributed by atoms with Crippen LogP contribution in [0.25, 0.3) is 0 Å². The number of rotatable bonds is 3. The first-order chi connectivity index (χ1) is 8.71. The second-order valence-electron chi connectivity index (χ2n) is 0.959. The Kier molecular flexibility index (Phi) is 1.71. The van der Waals surface area contributed by atoms with Gasteiger partial charge < -0.3 is 9.84 Å². The summed E-state index contributed by atoms with van der Waals surface area (Å²) in [5.41, 5.74) is 0. The van der Waals surface area contributed by atoms with Crippen LogP contribution in [0.1, 0.15) is 21.5 Å². The van der Waals surface area contributed by atoms with Crippen LogP contribution in [-0.4, -0.2) is 36.0 Å². The molecule has 1 aliphatic heterocycles. The molecule has 1 N–H and O–H groups in total. The monoisotopic (exact) mass is 197 g/mol. The van der Waals surface area contributed by atoms with Crippen molar-refractivity contribution in [1.29, 1.82) is 0 Å². The van der Waals surface area contributed by atoms with Gasteiger partial charge in [-0.3, -0.25) is 0 Å². The van der Waals surface area contributed by atoms with Crippen LogP contribution in [0.3, 0.4) is 0 Å². The number of epoxide rings is 1. The lowest BCUT2D eigenvalue weighted by atomic mass is 10.5. The lowest BCUT2D eigenvalue weighted by molar-refractivity contribution is 0.296. The van der Waals surface area contributed by atoms with Gasteiger partial charge in [-0.05, 0) is 6.37 Å². The van der Waals surface area contributed by atoms with Gasteiger partial charge >= 0.3 is 0 Å². The number of halogens is 2. The van der Waals surface area contributed by atoms with Crippen LogP contribution in [-0.2, 0) is 4.74 Å². The topological polar surface area (TPSA) is 32.8 Å². The molecular formula is C6H12Cl2O2. The Morgan fingerprint density at radius 2 is 2.50 bits per heavy atom. The average molecular weight is 198 g/mol. The van der Waals surface area contributed by atoms with Crippen LogP contribution < -0.4 is 0 Å². The first-order valence-corrected chi connectivity index (χ1v) is 2.77. The van der Waals surface area contributed by atoms with Crippen molar-refractivity contribution in [2.45, 2.75) is 12.5 Å². The minimum absolute atomic E-state index is 2.23. The fraction of sp³-hybridized carbons (Fsp3) is 1.00. The molecule has 0 radical (unpaired) electrons. The fourth-order valence-electron chi connectivity index (χ4n) is 0.0852. The van der Waals surface area contributed by atoms with Gasteiger partial charge in [0.05, 0.1) is 25.3 Å². The summed E-state index contributed by atoms with van der Waals surface area (Å²) in [6.45, 7) is -5.55. The Hall–Kier alpha value is 0.500. The van der Waals surface area contributed by atoms with E-state index in [4.69, 9.17) is 43.4 Å². The Bertz CT molecular complexity index is 368. The molecule has 0 aromatic carbocycles. The smallest absolute Gasteiger partial charge is 0.0944 e. The van der Waals surface area contributed by atoms with Crippen molar-refractivity contribution in [2.75, 3.05) is 24.8 Å². The van der Waals surface area contributed by atoms with E-state index in [1.165, 1.54) is 0 Å². The maximum Gasteiger partial charge on any atom is 0.0944 e. The molecular weight excluding hydrogens is 175 g/mol. The Balaban J connectivity index is 0.000000382. The van der Waals surface area contributed by atoms with Crippen LogP contribution in [0.4, 0.5) is 0 Å². The predicted octanol–water partition coefficient (Wildman–Crippen LogP) is 1.23. The standard InChI is InChI=1S/C3H5ClO.C3H7ClO/c4-1-3-2-5-3;4-2-1-3-5/h3H,1-2H2;5H,1-3H2/i1D2,2D2,3D;1D2,2D2,3D2. The number of alkyl halides is 2. The molecule has 0 saturated carbocycles. The van der Waals surface area contributed by atoms with Gasteiger partial charge in [-0.25, -0.2) is 0 Å². The van der Waals surface area contributed by atoms with Crippen LogP contribution in [0.2, 0.25) is 0 Å². The first-order valence-electron chi connectivity index (χ1n) is 7.51. The molecule has 0 aromatic rings.